The van der Waals surface area contributed by atoms with Gasteiger partial charge in [-0.3, -0.25) is 9.10 Å². The maximum atomic E-state index is 11.8. The standard InChI is InChI=1S/C12H21NOS/c14-12-9-5-2-6-10-13(12)15-11-7-3-1-4-8-11/h11H,1-10H2. The summed E-state index contributed by atoms with van der Waals surface area (Å²) in [4.78, 5) is 11.8. The van der Waals surface area contributed by atoms with Gasteiger partial charge in [0.2, 0.25) is 5.91 Å². The van der Waals surface area contributed by atoms with Crippen LogP contribution in [0.4, 0.5) is 0 Å². The number of nitrogens with zero attached hydrogens (tertiary/aromatic N) is 1. The SMILES string of the molecule is O=C1CCCCCN1SC1CCCCC1. The molecule has 15 heavy (non-hydrogen) atoms. The van der Waals surface area contributed by atoms with Gasteiger partial charge in [0, 0.05) is 18.2 Å². The second-order valence-corrected chi connectivity index (χ2v) is 5.99. The monoisotopic (exact) mass is 227 g/mol. The topological polar surface area (TPSA) is 20.3 Å². The van der Waals surface area contributed by atoms with Crippen LogP contribution in [0.2, 0.25) is 0 Å². The summed E-state index contributed by atoms with van der Waals surface area (Å²) >= 11 is 1.85. The van der Waals surface area contributed by atoms with Gasteiger partial charge < -0.3 is 0 Å². The molecule has 1 aliphatic carbocycles. The van der Waals surface area contributed by atoms with Crippen molar-refractivity contribution in [3.63, 3.8) is 0 Å². The van der Waals surface area contributed by atoms with E-state index in [1.54, 1.807) is 0 Å². The van der Waals surface area contributed by atoms with Crippen molar-refractivity contribution in [1.82, 2.24) is 4.31 Å². The van der Waals surface area contributed by atoms with Crippen LogP contribution in [0.15, 0.2) is 0 Å². The van der Waals surface area contributed by atoms with Gasteiger partial charge in [0.25, 0.3) is 0 Å². The molecule has 0 N–H and O–H groups in total. The zero-order valence-electron chi connectivity index (χ0n) is 9.41. The molecule has 1 aliphatic heterocycles. The Morgan fingerprint density at radius 1 is 1.00 bits per heavy atom. The molecule has 2 aliphatic rings. The quantitative estimate of drug-likeness (QED) is 0.674. The van der Waals surface area contributed by atoms with Crippen molar-refractivity contribution in [3.8, 4) is 0 Å². The van der Waals surface area contributed by atoms with E-state index in [0.29, 0.717) is 5.91 Å². The van der Waals surface area contributed by atoms with E-state index in [2.05, 4.69) is 4.31 Å². The van der Waals surface area contributed by atoms with Gasteiger partial charge in [-0.1, -0.05) is 25.7 Å². The Labute approximate surface area is 96.9 Å². The van der Waals surface area contributed by atoms with Crippen molar-refractivity contribution in [3.05, 3.63) is 0 Å². The van der Waals surface area contributed by atoms with Gasteiger partial charge in [0.05, 0.1) is 0 Å². The van der Waals surface area contributed by atoms with E-state index < -0.39 is 0 Å². The Morgan fingerprint density at radius 3 is 2.53 bits per heavy atom. The predicted molar refractivity (Wildman–Crippen MR) is 64.6 cm³/mol. The first-order valence-electron chi connectivity index (χ1n) is 6.33. The second kappa shape index (κ2) is 5.78. The fourth-order valence-electron chi connectivity index (χ4n) is 2.42. The first-order valence-corrected chi connectivity index (χ1v) is 7.17. The molecule has 1 saturated carbocycles. The molecule has 0 spiro atoms. The molecule has 86 valence electrons. The lowest BCUT2D eigenvalue weighted by atomic mass is 10.0. The van der Waals surface area contributed by atoms with E-state index in [9.17, 15) is 4.79 Å². The van der Waals surface area contributed by atoms with Crippen molar-refractivity contribution in [2.24, 2.45) is 0 Å². The highest BCUT2D eigenvalue weighted by molar-refractivity contribution is 7.98. The molecule has 0 aromatic carbocycles. The van der Waals surface area contributed by atoms with Crippen molar-refractivity contribution >= 4 is 17.9 Å². The summed E-state index contributed by atoms with van der Waals surface area (Å²) in [7, 11) is 0. The Kier molecular flexibility index (Phi) is 4.36. The molecule has 0 unspecified atom stereocenters. The molecule has 0 atom stereocenters. The molecule has 0 bridgehead atoms. The lowest BCUT2D eigenvalue weighted by Gasteiger charge is -2.27. The van der Waals surface area contributed by atoms with Crippen LogP contribution < -0.4 is 0 Å². The molecule has 1 saturated heterocycles. The van der Waals surface area contributed by atoms with Gasteiger partial charge in [-0.25, -0.2) is 0 Å². The summed E-state index contributed by atoms with van der Waals surface area (Å²) in [5, 5.41) is 0.723. The van der Waals surface area contributed by atoms with Gasteiger partial charge in [-0.2, -0.15) is 0 Å². The van der Waals surface area contributed by atoms with E-state index >= 15 is 0 Å². The van der Waals surface area contributed by atoms with Crippen LogP contribution in [0.3, 0.4) is 0 Å². The molecule has 1 amide bonds. The highest BCUT2D eigenvalue weighted by Gasteiger charge is 2.22. The average molecular weight is 227 g/mol. The number of amides is 1. The van der Waals surface area contributed by atoms with E-state index in [1.807, 2.05) is 11.9 Å². The van der Waals surface area contributed by atoms with Crippen LogP contribution in [-0.4, -0.2) is 22.0 Å². The lowest BCUT2D eigenvalue weighted by Crippen LogP contribution is -2.27. The normalized spacial score (nSPS) is 25.3. The number of hydrogen-bond acceptors (Lipinski definition) is 2. The first kappa shape index (κ1) is 11.3. The van der Waals surface area contributed by atoms with Gasteiger partial charge in [0.1, 0.15) is 0 Å². The van der Waals surface area contributed by atoms with Crippen LogP contribution in [0, 0.1) is 0 Å². The molecule has 0 radical (unpaired) electrons. The summed E-state index contributed by atoms with van der Waals surface area (Å²) in [6.07, 6.45) is 11.0. The van der Waals surface area contributed by atoms with Crippen LogP contribution in [0.5, 0.6) is 0 Å². The van der Waals surface area contributed by atoms with Crippen molar-refractivity contribution in [2.75, 3.05) is 6.54 Å². The fourth-order valence-corrected chi connectivity index (χ4v) is 3.77. The Morgan fingerprint density at radius 2 is 1.73 bits per heavy atom. The van der Waals surface area contributed by atoms with E-state index in [-0.39, 0.29) is 0 Å². The molecule has 0 aromatic heterocycles. The summed E-state index contributed by atoms with van der Waals surface area (Å²) in [5.41, 5.74) is 0. The number of rotatable bonds is 2. The third-order valence-electron chi connectivity index (χ3n) is 3.36. The predicted octanol–water partition coefficient (Wildman–Crippen LogP) is 3.37. The van der Waals surface area contributed by atoms with Crippen LogP contribution in [0.25, 0.3) is 0 Å². The van der Waals surface area contributed by atoms with Crippen molar-refractivity contribution < 1.29 is 4.79 Å². The molecule has 2 rings (SSSR count). The van der Waals surface area contributed by atoms with Crippen molar-refractivity contribution in [1.29, 1.82) is 0 Å². The van der Waals surface area contributed by atoms with E-state index in [0.717, 1.165) is 24.6 Å². The highest BCUT2D eigenvalue weighted by Crippen LogP contribution is 2.32. The molecule has 2 fully saturated rings. The summed E-state index contributed by atoms with van der Waals surface area (Å²) in [5.74, 6) is 0.378. The van der Waals surface area contributed by atoms with Crippen LogP contribution in [0.1, 0.15) is 57.8 Å². The zero-order valence-corrected chi connectivity index (χ0v) is 10.2. The third kappa shape index (κ3) is 3.40. The second-order valence-electron chi connectivity index (χ2n) is 4.67. The number of carbonyl (C=O) groups is 1. The van der Waals surface area contributed by atoms with Gasteiger partial charge in [0.15, 0.2) is 0 Å². The molecule has 3 heteroatoms. The van der Waals surface area contributed by atoms with E-state index in [1.165, 1.54) is 44.9 Å². The highest BCUT2D eigenvalue weighted by atomic mass is 32.2. The van der Waals surface area contributed by atoms with E-state index in [4.69, 9.17) is 0 Å². The minimum atomic E-state index is 0.378. The maximum absolute atomic E-state index is 11.8. The van der Waals surface area contributed by atoms with Crippen LogP contribution >= 0.6 is 11.9 Å². The lowest BCUT2D eigenvalue weighted by molar-refractivity contribution is -0.125. The van der Waals surface area contributed by atoms with Gasteiger partial charge >= 0.3 is 0 Å². The van der Waals surface area contributed by atoms with Crippen molar-refractivity contribution in [2.45, 2.75) is 63.0 Å². The molecular weight excluding hydrogens is 206 g/mol. The van der Waals surface area contributed by atoms with Gasteiger partial charge in [-0.05, 0) is 37.6 Å². The third-order valence-corrected chi connectivity index (χ3v) is 4.77. The summed E-state index contributed by atoms with van der Waals surface area (Å²) < 4.78 is 2.06. The Balaban J connectivity index is 1.82. The molecular formula is C12H21NOS. The summed E-state index contributed by atoms with van der Waals surface area (Å²) in [6, 6.07) is 0. The molecule has 2 nitrogen and oxygen atoms in total. The maximum Gasteiger partial charge on any atom is 0.232 e. The zero-order chi connectivity index (χ0) is 10.5. The molecule has 0 aromatic rings. The molecule has 1 heterocycles. The van der Waals surface area contributed by atoms with Crippen LogP contribution in [-0.2, 0) is 4.79 Å². The largest absolute Gasteiger partial charge is 0.286 e. The Hall–Kier alpha value is -0.180. The minimum Gasteiger partial charge on any atom is -0.286 e. The average Bonchev–Trinajstić information content (AvgIpc) is 2.46. The fraction of sp³-hybridized carbons (Fsp3) is 0.917. The first-order chi connectivity index (χ1) is 7.36. The minimum absolute atomic E-state index is 0.378. The smallest absolute Gasteiger partial charge is 0.232 e. The number of hydrogen-bond donors (Lipinski definition) is 0. The van der Waals surface area contributed by atoms with Gasteiger partial charge in [-0.15, -0.1) is 0 Å². The number of carbonyl (C=O) groups excluding carboxylic acids is 1. The summed E-state index contributed by atoms with van der Waals surface area (Å²) in [6.45, 7) is 0.986. The Bertz CT molecular complexity index is 214.